The highest BCUT2D eigenvalue weighted by Gasteiger charge is 2.44. The van der Waals surface area contributed by atoms with Gasteiger partial charge in [0.2, 0.25) is 0 Å². The molecule has 9 heteroatoms. The summed E-state index contributed by atoms with van der Waals surface area (Å²) in [7, 11) is 0. The molecule has 4 N–H and O–H groups in total. The molecule has 1 aliphatic carbocycles. The predicted molar refractivity (Wildman–Crippen MR) is 119 cm³/mol. The van der Waals surface area contributed by atoms with Gasteiger partial charge in [0, 0.05) is 6.54 Å². The van der Waals surface area contributed by atoms with Crippen molar-refractivity contribution in [2.75, 3.05) is 18.5 Å². The zero-order valence-electron chi connectivity index (χ0n) is 17.0. The van der Waals surface area contributed by atoms with Gasteiger partial charge in [-0.15, -0.1) is 0 Å². The molecule has 2 aromatic heterocycles. The van der Waals surface area contributed by atoms with E-state index in [9.17, 15) is 15.3 Å². The lowest BCUT2D eigenvalue weighted by Crippen LogP contribution is -2.33. The average Bonchev–Trinajstić information content (AvgIpc) is 3.49. The largest absolute Gasteiger partial charge is 0.394 e. The van der Waals surface area contributed by atoms with E-state index in [0.29, 0.717) is 23.5 Å². The number of imidazole rings is 1. The minimum atomic E-state index is -1.21. The number of anilines is 1. The van der Waals surface area contributed by atoms with Crippen molar-refractivity contribution >= 4 is 39.4 Å². The van der Waals surface area contributed by atoms with Gasteiger partial charge in [0.05, 0.1) is 12.9 Å². The Balaban J connectivity index is 1.29. The summed E-state index contributed by atoms with van der Waals surface area (Å²) in [6, 6.07) is 12.6. The van der Waals surface area contributed by atoms with E-state index in [1.807, 2.05) is 0 Å². The minimum absolute atomic E-state index is 0.395. The van der Waals surface area contributed by atoms with Crippen LogP contribution in [0.3, 0.4) is 0 Å². The Labute approximate surface area is 182 Å². The molecule has 3 heterocycles. The number of rotatable bonds is 5. The first kappa shape index (κ1) is 19.3. The Morgan fingerprint density at radius 1 is 1.03 bits per heavy atom. The van der Waals surface area contributed by atoms with Crippen LogP contribution in [0.25, 0.3) is 33.6 Å². The molecule has 1 fully saturated rings. The van der Waals surface area contributed by atoms with E-state index in [2.05, 4.69) is 62.7 Å². The predicted octanol–water partition coefficient (Wildman–Crippen LogP) is 1.56. The van der Waals surface area contributed by atoms with Crippen molar-refractivity contribution in [1.82, 2.24) is 19.5 Å². The summed E-state index contributed by atoms with van der Waals surface area (Å²) in [5.41, 5.74) is 4.55. The van der Waals surface area contributed by atoms with Crippen molar-refractivity contribution in [3.05, 3.63) is 60.2 Å². The van der Waals surface area contributed by atoms with Crippen LogP contribution in [0.2, 0.25) is 0 Å². The smallest absolute Gasteiger partial charge is 0.167 e. The third-order valence-corrected chi connectivity index (χ3v) is 6.21. The van der Waals surface area contributed by atoms with Crippen LogP contribution in [0.1, 0.15) is 17.4 Å². The molecule has 0 unspecified atom stereocenters. The summed E-state index contributed by atoms with van der Waals surface area (Å²) in [6.07, 6.45) is 0.920. The summed E-state index contributed by atoms with van der Waals surface area (Å²) in [6.45, 7) is 0.161. The summed E-state index contributed by atoms with van der Waals surface area (Å²) in [4.78, 5) is 13.1. The van der Waals surface area contributed by atoms with Crippen molar-refractivity contribution < 1.29 is 20.1 Å². The van der Waals surface area contributed by atoms with Gasteiger partial charge < -0.3 is 25.4 Å². The van der Waals surface area contributed by atoms with Gasteiger partial charge in [-0.2, -0.15) is 0 Å². The minimum Gasteiger partial charge on any atom is -0.394 e. The molecule has 4 atom stereocenters. The first-order valence-corrected chi connectivity index (χ1v) is 10.4. The Bertz CT molecular complexity index is 1360. The topological polar surface area (TPSA) is 126 Å². The van der Waals surface area contributed by atoms with Gasteiger partial charge in [-0.3, -0.25) is 4.57 Å². The van der Waals surface area contributed by atoms with E-state index in [-0.39, 0.29) is 0 Å². The number of fused-ring (bicyclic) bond motifs is 1. The van der Waals surface area contributed by atoms with E-state index in [4.69, 9.17) is 4.74 Å². The number of aromatic nitrogens is 4. The maximum absolute atomic E-state index is 10.4. The van der Waals surface area contributed by atoms with Crippen molar-refractivity contribution in [1.29, 1.82) is 0 Å². The Hall–Kier alpha value is -3.37. The molecule has 6 rings (SSSR count). The SMILES string of the molecule is OC[C@H]1O[C@@H](n2cnc3c(NCC4=Cc5cccc6cccc4c56)ncnc32)[C@H](O)[C@@H]1O. The highest BCUT2D eigenvalue weighted by molar-refractivity contribution is 6.09. The molecule has 2 aliphatic rings. The Kier molecular flexibility index (Phi) is 4.44. The third-order valence-electron chi connectivity index (χ3n) is 6.21. The molecule has 0 spiro atoms. The molecule has 4 aromatic rings. The van der Waals surface area contributed by atoms with Gasteiger partial charge in [-0.1, -0.05) is 36.4 Å². The number of hydrogen-bond donors (Lipinski definition) is 4. The number of ether oxygens (including phenoxy) is 1. The fourth-order valence-corrected chi connectivity index (χ4v) is 4.63. The fourth-order valence-electron chi connectivity index (χ4n) is 4.63. The second kappa shape index (κ2) is 7.35. The van der Waals surface area contributed by atoms with Crippen molar-refractivity contribution in [2.24, 2.45) is 0 Å². The van der Waals surface area contributed by atoms with Gasteiger partial charge in [0.25, 0.3) is 0 Å². The van der Waals surface area contributed by atoms with Crippen molar-refractivity contribution in [3.63, 3.8) is 0 Å². The van der Waals surface area contributed by atoms with E-state index in [0.717, 1.165) is 5.57 Å². The first-order chi connectivity index (χ1) is 15.7. The molecule has 0 bridgehead atoms. The Morgan fingerprint density at radius 2 is 1.88 bits per heavy atom. The lowest BCUT2D eigenvalue weighted by molar-refractivity contribution is -0.0511. The van der Waals surface area contributed by atoms with E-state index < -0.39 is 31.1 Å². The van der Waals surface area contributed by atoms with Gasteiger partial charge >= 0.3 is 0 Å². The van der Waals surface area contributed by atoms with Crippen LogP contribution < -0.4 is 5.32 Å². The van der Waals surface area contributed by atoms with Gasteiger partial charge in [-0.05, 0) is 33.5 Å². The van der Waals surface area contributed by atoms with Gasteiger partial charge in [-0.25, -0.2) is 15.0 Å². The maximum atomic E-state index is 10.4. The molecular weight excluding hydrogens is 410 g/mol. The molecule has 9 nitrogen and oxygen atoms in total. The van der Waals surface area contributed by atoms with Crippen molar-refractivity contribution in [3.8, 4) is 0 Å². The maximum Gasteiger partial charge on any atom is 0.167 e. The zero-order chi connectivity index (χ0) is 21.8. The zero-order valence-corrected chi connectivity index (χ0v) is 17.0. The molecular formula is C23H21N5O4. The molecule has 1 aliphatic heterocycles. The quantitative estimate of drug-likeness (QED) is 0.375. The van der Waals surface area contributed by atoms with E-state index in [1.54, 1.807) is 4.57 Å². The van der Waals surface area contributed by atoms with Gasteiger partial charge in [0.15, 0.2) is 23.2 Å². The molecule has 2 aromatic carbocycles. The number of nitrogens with one attached hydrogen (secondary N) is 1. The molecule has 1 saturated heterocycles. The molecule has 0 radical (unpaired) electrons. The molecule has 162 valence electrons. The second-order valence-corrected chi connectivity index (χ2v) is 8.05. The first-order valence-electron chi connectivity index (χ1n) is 10.4. The summed E-state index contributed by atoms with van der Waals surface area (Å²) in [5, 5.41) is 35.6. The van der Waals surface area contributed by atoms with Gasteiger partial charge in [0.1, 0.15) is 24.6 Å². The number of aliphatic hydroxyl groups excluding tert-OH is 3. The lowest BCUT2D eigenvalue weighted by Gasteiger charge is -2.16. The normalized spacial score (nSPS) is 24.4. The van der Waals surface area contributed by atoms with Crippen LogP contribution in [0.15, 0.2) is 49.1 Å². The third kappa shape index (κ3) is 2.83. The molecule has 0 saturated carbocycles. The van der Waals surface area contributed by atoms with Crippen LogP contribution in [-0.2, 0) is 4.74 Å². The van der Waals surface area contributed by atoms with Crippen LogP contribution in [-0.4, -0.2) is 66.3 Å². The number of nitrogens with zero attached hydrogens (tertiary/aromatic N) is 4. The molecule has 0 amide bonds. The highest BCUT2D eigenvalue weighted by atomic mass is 16.6. The number of aliphatic hydroxyl groups is 3. The summed E-state index contributed by atoms with van der Waals surface area (Å²) >= 11 is 0. The number of hydrogen-bond acceptors (Lipinski definition) is 8. The lowest BCUT2D eigenvalue weighted by atomic mass is 10.0. The fraction of sp³-hybridized carbons (Fsp3) is 0.261. The van der Waals surface area contributed by atoms with Crippen LogP contribution in [0.5, 0.6) is 0 Å². The van der Waals surface area contributed by atoms with E-state index >= 15 is 0 Å². The summed E-state index contributed by atoms with van der Waals surface area (Å²) < 4.78 is 7.17. The Morgan fingerprint density at radius 3 is 2.69 bits per heavy atom. The molecule has 32 heavy (non-hydrogen) atoms. The monoisotopic (exact) mass is 431 g/mol. The van der Waals surface area contributed by atoms with Crippen LogP contribution >= 0.6 is 0 Å². The second-order valence-electron chi connectivity index (χ2n) is 8.05. The summed E-state index contributed by atoms with van der Waals surface area (Å²) in [5.74, 6) is 0.560. The average molecular weight is 431 g/mol. The van der Waals surface area contributed by atoms with E-state index in [1.165, 1.54) is 34.6 Å². The number of benzene rings is 2. The highest BCUT2D eigenvalue weighted by Crippen LogP contribution is 2.37. The van der Waals surface area contributed by atoms with Crippen LogP contribution in [0, 0.1) is 0 Å². The van der Waals surface area contributed by atoms with Crippen molar-refractivity contribution in [2.45, 2.75) is 24.5 Å². The standard InChI is InChI=1S/C23H21N5O4/c29-9-16-19(30)20(31)23(32-16)28-11-27-18-21(25-10-26-22(18)28)24-8-14-7-13-5-1-3-12-4-2-6-15(14)17(12)13/h1-7,10-11,16,19-20,23,29-31H,8-9H2,(H,24,25,26)/t16-,19-,20-,23-/m1/s1. The van der Waals surface area contributed by atoms with Crippen LogP contribution in [0.4, 0.5) is 5.82 Å².